The van der Waals surface area contributed by atoms with Crippen LogP contribution in [0.25, 0.3) is 0 Å². The molecule has 1 aromatic carbocycles. The number of rotatable bonds is 9. The fraction of sp³-hybridized carbons (Fsp3) is 0.588. The standard InChI is InChI=1S/C17H26O3/c1-4-6-11-15(13(3)9-5-2)20-16-12-8-7-10-14(16)17(18)19/h7-8,10,12-13,15H,4-6,9,11H2,1-3H3,(H,18,19). The lowest BCUT2D eigenvalue weighted by molar-refractivity contribution is 0.0681. The van der Waals surface area contributed by atoms with Crippen LogP contribution >= 0.6 is 0 Å². The van der Waals surface area contributed by atoms with E-state index >= 15 is 0 Å². The number of carboxylic acids is 1. The zero-order chi connectivity index (χ0) is 15.0. The maximum Gasteiger partial charge on any atom is 0.339 e. The van der Waals surface area contributed by atoms with Gasteiger partial charge in [-0.2, -0.15) is 0 Å². The second-order valence-corrected chi connectivity index (χ2v) is 5.37. The Balaban J connectivity index is 2.85. The molecule has 0 aromatic heterocycles. The number of hydrogen-bond acceptors (Lipinski definition) is 2. The summed E-state index contributed by atoms with van der Waals surface area (Å²) in [6, 6.07) is 6.90. The van der Waals surface area contributed by atoms with Crippen molar-refractivity contribution in [2.75, 3.05) is 0 Å². The first-order valence-corrected chi connectivity index (χ1v) is 7.59. The van der Waals surface area contributed by atoms with Crippen LogP contribution in [0, 0.1) is 5.92 Å². The van der Waals surface area contributed by atoms with Crippen LogP contribution in [-0.4, -0.2) is 17.2 Å². The Labute approximate surface area is 122 Å². The van der Waals surface area contributed by atoms with Gasteiger partial charge in [-0.3, -0.25) is 0 Å². The van der Waals surface area contributed by atoms with Gasteiger partial charge in [-0.25, -0.2) is 4.79 Å². The summed E-state index contributed by atoms with van der Waals surface area (Å²) in [4.78, 5) is 11.2. The molecule has 2 atom stereocenters. The van der Waals surface area contributed by atoms with Crippen molar-refractivity contribution in [3.8, 4) is 5.75 Å². The fourth-order valence-corrected chi connectivity index (χ4v) is 2.42. The van der Waals surface area contributed by atoms with E-state index in [1.165, 1.54) is 0 Å². The lowest BCUT2D eigenvalue weighted by Crippen LogP contribution is -2.26. The zero-order valence-corrected chi connectivity index (χ0v) is 12.8. The fourth-order valence-electron chi connectivity index (χ4n) is 2.42. The molecule has 3 nitrogen and oxygen atoms in total. The number of para-hydroxylation sites is 1. The molecule has 20 heavy (non-hydrogen) atoms. The molecular weight excluding hydrogens is 252 g/mol. The third-order valence-corrected chi connectivity index (χ3v) is 3.62. The third kappa shape index (κ3) is 4.87. The number of carbonyl (C=O) groups is 1. The molecule has 0 radical (unpaired) electrons. The van der Waals surface area contributed by atoms with Crippen molar-refractivity contribution in [1.82, 2.24) is 0 Å². The minimum atomic E-state index is -0.932. The van der Waals surface area contributed by atoms with E-state index in [0.717, 1.165) is 32.1 Å². The molecule has 0 aliphatic carbocycles. The van der Waals surface area contributed by atoms with Crippen molar-refractivity contribution in [2.45, 2.75) is 59.0 Å². The van der Waals surface area contributed by atoms with E-state index in [1.54, 1.807) is 18.2 Å². The topological polar surface area (TPSA) is 46.5 Å². The molecule has 0 amide bonds. The predicted octanol–water partition coefficient (Wildman–Crippen LogP) is 4.76. The summed E-state index contributed by atoms with van der Waals surface area (Å²) in [7, 11) is 0. The van der Waals surface area contributed by atoms with Gasteiger partial charge < -0.3 is 9.84 Å². The zero-order valence-electron chi connectivity index (χ0n) is 12.8. The van der Waals surface area contributed by atoms with Crippen LogP contribution in [0.1, 0.15) is 63.2 Å². The number of benzene rings is 1. The molecule has 1 rings (SSSR count). The number of aromatic carboxylic acids is 1. The Morgan fingerprint density at radius 1 is 1.20 bits per heavy atom. The monoisotopic (exact) mass is 278 g/mol. The molecule has 0 bridgehead atoms. The van der Waals surface area contributed by atoms with E-state index in [2.05, 4.69) is 20.8 Å². The number of ether oxygens (including phenoxy) is 1. The summed E-state index contributed by atoms with van der Waals surface area (Å²) in [6.07, 6.45) is 5.52. The lowest BCUT2D eigenvalue weighted by atomic mass is 9.95. The van der Waals surface area contributed by atoms with Crippen LogP contribution in [0.4, 0.5) is 0 Å². The van der Waals surface area contributed by atoms with E-state index in [1.807, 2.05) is 6.07 Å². The minimum Gasteiger partial charge on any atom is -0.489 e. The van der Waals surface area contributed by atoms with Crippen molar-refractivity contribution < 1.29 is 14.6 Å². The van der Waals surface area contributed by atoms with E-state index < -0.39 is 5.97 Å². The van der Waals surface area contributed by atoms with Gasteiger partial charge in [-0.1, -0.05) is 52.2 Å². The molecular formula is C17H26O3. The second kappa shape index (κ2) is 8.62. The second-order valence-electron chi connectivity index (χ2n) is 5.37. The summed E-state index contributed by atoms with van der Waals surface area (Å²) in [5.41, 5.74) is 0.248. The van der Waals surface area contributed by atoms with Gasteiger partial charge in [0, 0.05) is 0 Å². The molecule has 0 fully saturated rings. The molecule has 2 unspecified atom stereocenters. The van der Waals surface area contributed by atoms with E-state index in [-0.39, 0.29) is 11.7 Å². The Bertz CT molecular complexity index is 414. The van der Waals surface area contributed by atoms with Crippen molar-refractivity contribution >= 4 is 5.97 Å². The molecule has 1 aromatic rings. The molecule has 0 saturated carbocycles. The van der Waals surface area contributed by atoms with Crippen molar-refractivity contribution in [2.24, 2.45) is 5.92 Å². The molecule has 3 heteroatoms. The molecule has 0 heterocycles. The van der Waals surface area contributed by atoms with Gasteiger partial charge >= 0.3 is 5.97 Å². The third-order valence-electron chi connectivity index (χ3n) is 3.62. The predicted molar refractivity (Wildman–Crippen MR) is 81.4 cm³/mol. The molecule has 112 valence electrons. The Kier molecular flexibility index (Phi) is 7.13. The molecule has 0 aliphatic rings. The van der Waals surface area contributed by atoms with Crippen molar-refractivity contribution in [3.05, 3.63) is 29.8 Å². The Hall–Kier alpha value is -1.51. The largest absolute Gasteiger partial charge is 0.489 e. The number of unbranched alkanes of at least 4 members (excludes halogenated alkanes) is 1. The summed E-state index contributed by atoms with van der Waals surface area (Å²) in [5.74, 6) is -0.00422. The highest BCUT2D eigenvalue weighted by Gasteiger charge is 2.20. The van der Waals surface area contributed by atoms with Gasteiger partial charge in [0.2, 0.25) is 0 Å². The van der Waals surface area contributed by atoms with Crippen LogP contribution in [-0.2, 0) is 0 Å². The van der Waals surface area contributed by atoms with Crippen LogP contribution in [0.5, 0.6) is 5.75 Å². The van der Waals surface area contributed by atoms with Gasteiger partial charge in [0.15, 0.2) is 0 Å². The number of carboxylic acid groups (broad SMARTS) is 1. The van der Waals surface area contributed by atoms with Gasteiger partial charge in [-0.15, -0.1) is 0 Å². The normalized spacial score (nSPS) is 13.8. The first kappa shape index (κ1) is 16.5. The number of hydrogen-bond donors (Lipinski definition) is 1. The summed E-state index contributed by atoms with van der Waals surface area (Å²) in [5, 5.41) is 9.22. The first-order valence-electron chi connectivity index (χ1n) is 7.59. The average molecular weight is 278 g/mol. The van der Waals surface area contributed by atoms with Crippen LogP contribution in [0.15, 0.2) is 24.3 Å². The molecule has 0 saturated heterocycles. The maximum atomic E-state index is 11.2. The van der Waals surface area contributed by atoms with Crippen LogP contribution in [0.3, 0.4) is 0 Å². The minimum absolute atomic E-state index is 0.0930. The van der Waals surface area contributed by atoms with E-state index in [0.29, 0.717) is 11.7 Å². The highest BCUT2D eigenvalue weighted by Crippen LogP contribution is 2.25. The smallest absolute Gasteiger partial charge is 0.339 e. The summed E-state index contributed by atoms with van der Waals surface area (Å²) in [6.45, 7) is 6.51. The Morgan fingerprint density at radius 3 is 2.50 bits per heavy atom. The van der Waals surface area contributed by atoms with Crippen LogP contribution in [0.2, 0.25) is 0 Å². The highest BCUT2D eigenvalue weighted by molar-refractivity contribution is 5.90. The first-order chi connectivity index (χ1) is 9.60. The average Bonchev–Trinajstić information content (AvgIpc) is 2.43. The molecule has 0 spiro atoms. The van der Waals surface area contributed by atoms with Gasteiger partial charge in [-0.05, 0) is 30.9 Å². The highest BCUT2D eigenvalue weighted by atomic mass is 16.5. The van der Waals surface area contributed by atoms with E-state index in [4.69, 9.17) is 4.74 Å². The van der Waals surface area contributed by atoms with Crippen LogP contribution < -0.4 is 4.74 Å². The summed E-state index contributed by atoms with van der Waals surface area (Å²) >= 11 is 0. The molecule has 0 aliphatic heterocycles. The maximum absolute atomic E-state index is 11.2. The quantitative estimate of drug-likeness (QED) is 0.708. The lowest BCUT2D eigenvalue weighted by Gasteiger charge is -2.25. The SMILES string of the molecule is CCCCC(Oc1ccccc1C(=O)O)C(C)CCC. The van der Waals surface area contributed by atoms with Gasteiger partial charge in [0.05, 0.1) is 0 Å². The molecule has 1 N–H and O–H groups in total. The van der Waals surface area contributed by atoms with Gasteiger partial charge in [0.25, 0.3) is 0 Å². The van der Waals surface area contributed by atoms with Crippen molar-refractivity contribution in [3.63, 3.8) is 0 Å². The summed E-state index contributed by atoms with van der Waals surface area (Å²) < 4.78 is 6.04. The van der Waals surface area contributed by atoms with E-state index in [9.17, 15) is 9.90 Å². The van der Waals surface area contributed by atoms with Crippen molar-refractivity contribution in [1.29, 1.82) is 0 Å². The van der Waals surface area contributed by atoms with Gasteiger partial charge in [0.1, 0.15) is 17.4 Å². The Morgan fingerprint density at radius 2 is 1.90 bits per heavy atom.